The number of methoxy groups -OCH3 is 1. The summed E-state index contributed by atoms with van der Waals surface area (Å²) in [6.07, 6.45) is 5.93. The minimum atomic E-state index is 0.324. The fourth-order valence-electron chi connectivity index (χ4n) is 1.74. The van der Waals surface area contributed by atoms with Crippen LogP contribution in [0.4, 0.5) is 0 Å². The fourth-order valence-corrected chi connectivity index (χ4v) is 1.74. The van der Waals surface area contributed by atoms with Crippen LogP contribution in [0.1, 0.15) is 32.1 Å². The third kappa shape index (κ3) is 4.94. The molecule has 3 heteroatoms. The van der Waals surface area contributed by atoms with Gasteiger partial charge in [-0.3, -0.25) is 0 Å². The molecule has 1 aliphatic carbocycles. The predicted molar refractivity (Wildman–Crippen MR) is 57.3 cm³/mol. The Bertz CT molecular complexity index is 137. The van der Waals surface area contributed by atoms with Crippen LogP contribution in [0.15, 0.2) is 0 Å². The number of nitrogens with one attached hydrogen (secondary N) is 1. The van der Waals surface area contributed by atoms with Crippen molar-refractivity contribution in [1.29, 1.82) is 0 Å². The monoisotopic (exact) mass is 201 g/mol. The van der Waals surface area contributed by atoms with Crippen molar-refractivity contribution >= 4 is 0 Å². The Kier molecular flexibility index (Phi) is 6.15. The molecule has 3 nitrogen and oxygen atoms in total. The molecule has 1 fully saturated rings. The first kappa shape index (κ1) is 12.0. The maximum atomic E-state index is 8.62. The van der Waals surface area contributed by atoms with Gasteiger partial charge >= 0.3 is 0 Å². The first-order chi connectivity index (χ1) is 6.88. The molecule has 0 aromatic rings. The second-order valence-electron chi connectivity index (χ2n) is 4.14. The molecule has 0 spiro atoms. The van der Waals surface area contributed by atoms with Crippen LogP contribution in [-0.2, 0) is 4.74 Å². The normalized spacial score (nSPS) is 18.4. The van der Waals surface area contributed by atoms with Gasteiger partial charge in [0.25, 0.3) is 0 Å². The van der Waals surface area contributed by atoms with Crippen molar-refractivity contribution < 1.29 is 9.84 Å². The first-order valence-corrected chi connectivity index (χ1v) is 5.71. The lowest BCUT2D eigenvalue weighted by molar-refractivity contribution is 0.157. The van der Waals surface area contributed by atoms with Crippen LogP contribution in [0.5, 0.6) is 0 Å². The average Bonchev–Trinajstić information content (AvgIpc) is 2.99. The lowest BCUT2D eigenvalue weighted by Gasteiger charge is -2.16. The van der Waals surface area contributed by atoms with E-state index in [-0.39, 0.29) is 0 Å². The van der Waals surface area contributed by atoms with Crippen molar-refractivity contribution in [3.63, 3.8) is 0 Å². The Balaban J connectivity index is 1.96. The second-order valence-corrected chi connectivity index (χ2v) is 4.14. The lowest BCUT2D eigenvalue weighted by atomic mass is 10.2. The van der Waals surface area contributed by atoms with Gasteiger partial charge in [-0.25, -0.2) is 0 Å². The molecule has 1 rings (SSSR count). The molecule has 0 bridgehead atoms. The number of hydrogen-bond acceptors (Lipinski definition) is 3. The summed E-state index contributed by atoms with van der Waals surface area (Å²) in [5.41, 5.74) is 0. The van der Waals surface area contributed by atoms with Crippen molar-refractivity contribution in [1.82, 2.24) is 5.32 Å². The molecule has 0 amide bonds. The van der Waals surface area contributed by atoms with E-state index in [4.69, 9.17) is 9.84 Å². The van der Waals surface area contributed by atoms with Crippen molar-refractivity contribution in [3.8, 4) is 0 Å². The van der Waals surface area contributed by atoms with E-state index in [9.17, 15) is 0 Å². The van der Waals surface area contributed by atoms with Gasteiger partial charge in [0.1, 0.15) is 0 Å². The number of aliphatic hydroxyl groups excluding tert-OH is 1. The van der Waals surface area contributed by atoms with Crippen molar-refractivity contribution in [2.75, 3.05) is 26.9 Å². The minimum Gasteiger partial charge on any atom is -0.396 e. The van der Waals surface area contributed by atoms with Crippen molar-refractivity contribution in [3.05, 3.63) is 0 Å². The molecule has 1 unspecified atom stereocenters. The van der Waals surface area contributed by atoms with Gasteiger partial charge in [0.15, 0.2) is 0 Å². The molecule has 0 saturated heterocycles. The molecule has 0 aliphatic heterocycles. The van der Waals surface area contributed by atoms with Crippen LogP contribution in [0.3, 0.4) is 0 Å². The Labute approximate surface area is 86.8 Å². The largest absolute Gasteiger partial charge is 0.396 e. The second kappa shape index (κ2) is 7.21. The summed E-state index contributed by atoms with van der Waals surface area (Å²) < 4.78 is 5.18. The molecule has 84 valence electrons. The van der Waals surface area contributed by atoms with E-state index in [1.165, 1.54) is 12.8 Å². The fraction of sp³-hybridized carbons (Fsp3) is 1.00. The van der Waals surface area contributed by atoms with Crippen molar-refractivity contribution in [2.24, 2.45) is 5.92 Å². The molecular weight excluding hydrogens is 178 g/mol. The Morgan fingerprint density at radius 1 is 1.36 bits per heavy atom. The van der Waals surface area contributed by atoms with Gasteiger partial charge in [-0.2, -0.15) is 0 Å². The van der Waals surface area contributed by atoms with Crippen LogP contribution in [-0.4, -0.2) is 38.0 Å². The summed E-state index contributed by atoms with van der Waals surface area (Å²) in [6, 6.07) is 0.564. The molecule has 0 radical (unpaired) electrons. The molecule has 1 aliphatic rings. The highest BCUT2D eigenvalue weighted by atomic mass is 16.5. The van der Waals surface area contributed by atoms with Crippen LogP contribution >= 0.6 is 0 Å². The van der Waals surface area contributed by atoms with E-state index in [1.807, 2.05) is 0 Å². The molecule has 1 atom stereocenters. The van der Waals surface area contributed by atoms with Crippen LogP contribution in [0, 0.1) is 5.92 Å². The van der Waals surface area contributed by atoms with Gasteiger partial charge in [0, 0.05) is 19.8 Å². The maximum Gasteiger partial charge on any atom is 0.0618 e. The average molecular weight is 201 g/mol. The molecular formula is C11H23NO2. The Morgan fingerprint density at radius 2 is 2.14 bits per heavy atom. The zero-order valence-corrected chi connectivity index (χ0v) is 9.17. The van der Waals surface area contributed by atoms with Crippen molar-refractivity contribution in [2.45, 2.75) is 38.1 Å². The summed E-state index contributed by atoms with van der Waals surface area (Å²) in [5.74, 6) is 0.854. The topological polar surface area (TPSA) is 41.5 Å². The van der Waals surface area contributed by atoms with E-state index < -0.39 is 0 Å². The van der Waals surface area contributed by atoms with E-state index in [1.54, 1.807) is 7.11 Å². The SMILES string of the molecule is COCC(NCCCCCO)C1CC1. The van der Waals surface area contributed by atoms with Gasteiger partial charge in [0.05, 0.1) is 6.61 Å². The summed E-state index contributed by atoms with van der Waals surface area (Å²) in [7, 11) is 1.77. The number of hydrogen-bond donors (Lipinski definition) is 2. The number of aliphatic hydroxyl groups is 1. The summed E-state index contributed by atoms with van der Waals surface area (Å²) in [4.78, 5) is 0. The highest BCUT2D eigenvalue weighted by Crippen LogP contribution is 2.32. The Morgan fingerprint density at radius 3 is 2.71 bits per heavy atom. The van der Waals surface area contributed by atoms with Gasteiger partial charge in [0.2, 0.25) is 0 Å². The Hall–Kier alpha value is -0.120. The standard InChI is InChI=1S/C11H23NO2/c1-14-9-11(10-5-6-10)12-7-3-2-4-8-13/h10-13H,2-9H2,1H3. The molecule has 0 aromatic heterocycles. The highest BCUT2D eigenvalue weighted by molar-refractivity contribution is 4.86. The molecule has 0 heterocycles. The predicted octanol–water partition coefficient (Wildman–Crippen LogP) is 1.16. The molecule has 14 heavy (non-hydrogen) atoms. The van der Waals surface area contributed by atoms with E-state index in [0.29, 0.717) is 12.6 Å². The van der Waals surface area contributed by atoms with Gasteiger partial charge < -0.3 is 15.2 Å². The zero-order chi connectivity index (χ0) is 10.2. The quantitative estimate of drug-likeness (QED) is 0.550. The summed E-state index contributed by atoms with van der Waals surface area (Å²) in [6.45, 7) is 2.22. The van der Waals surface area contributed by atoms with Gasteiger partial charge in [-0.1, -0.05) is 0 Å². The van der Waals surface area contributed by atoms with Gasteiger partial charge in [-0.05, 0) is 44.6 Å². The maximum absolute atomic E-state index is 8.62. The molecule has 2 N–H and O–H groups in total. The molecule has 1 saturated carbocycles. The third-order valence-electron chi connectivity index (χ3n) is 2.78. The zero-order valence-electron chi connectivity index (χ0n) is 9.17. The lowest BCUT2D eigenvalue weighted by Crippen LogP contribution is -2.35. The van der Waals surface area contributed by atoms with E-state index in [0.717, 1.165) is 38.3 Å². The highest BCUT2D eigenvalue weighted by Gasteiger charge is 2.30. The van der Waals surface area contributed by atoms with Gasteiger partial charge in [-0.15, -0.1) is 0 Å². The van der Waals surface area contributed by atoms with Crippen LogP contribution in [0.2, 0.25) is 0 Å². The van der Waals surface area contributed by atoms with Crippen LogP contribution < -0.4 is 5.32 Å². The summed E-state index contributed by atoms with van der Waals surface area (Å²) >= 11 is 0. The number of rotatable bonds is 9. The summed E-state index contributed by atoms with van der Waals surface area (Å²) in [5, 5.41) is 12.2. The van der Waals surface area contributed by atoms with E-state index in [2.05, 4.69) is 5.32 Å². The number of unbranched alkanes of at least 4 members (excludes halogenated alkanes) is 2. The van der Waals surface area contributed by atoms with E-state index >= 15 is 0 Å². The number of ether oxygens (including phenoxy) is 1. The molecule has 0 aromatic carbocycles. The smallest absolute Gasteiger partial charge is 0.0618 e. The van der Waals surface area contributed by atoms with Crippen LogP contribution in [0.25, 0.3) is 0 Å². The minimum absolute atomic E-state index is 0.324. The third-order valence-corrected chi connectivity index (χ3v) is 2.78. The first-order valence-electron chi connectivity index (χ1n) is 5.71.